The molecular formula is C18H18N3Na2O8P. The first-order valence-corrected chi connectivity index (χ1v) is 9.88. The minimum Gasteiger partial charge on any atom is -0.780 e. The Kier molecular flexibility index (Phi) is 11.0. The van der Waals surface area contributed by atoms with Crippen LogP contribution in [0.3, 0.4) is 0 Å². The Morgan fingerprint density at radius 2 is 1.44 bits per heavy atom. The molecule has 2 aromatic carbocycles. The minimum atomic E-state index is -5.30. The molecule has 0 radical (unpaired) electrons. The van der Waals surface area contributed by atoms with Crippen LogP contribution in [-0.2, 0) is 4.57 Å². The fraction of sp³-hybridized carbons (Fsp3) is 0.222. The molecule has 160 valence electrons. The van der Waals surface area contributed by atoms with Gasteiger partial charge in [0, 0.05) is 11.6 Å². The average Bonchev–Trinajstić information content (AvgIpc) is 3.21. The van der Waals surface area contributed by atoms with E-state index in [1.807, 2.05) is 0 Å². The van der Waals surface area contributed by atoms with Crippen molar-refractivity contribution in [3.8, 4) is 45.7 Å². The number of hydrogen-bond donors (Lipinski definition) is 0. The number of methoxy groups -OCH3 is 4. The smallest absolute Gasteiger partial charge is 0.780 e. The average molecular weight is 481 g/mol. The molecule has 0 unspecified atom stereocenters. The first-order chi connectivity index (χ1) is 14.3. The molecule has 1 aromatic heterocycles. The summed E-state index contributed by atoms with van der Waals surface area (Å²) in [5, 5.41) is 7.97. The Bertz CT molecular complexity index is 1080. The monoisotopic (exact) mass is 481 g/mol. The molecule has 14 heteroatoms. The van der Waals surface area contributed by atoms with Gasteiger partial charge in [-0.3, -0.25) is 0 Å². The van der Waals surface area contributed by atoms with Crippen LogP contribution in [-0.4, -0.2) is 43.4 Å². The van der Waals surface area contributed by atoms with Crippen LogP contribution in [0.1, 0.15) is 0 Å². The van der Waals surface area contributed by atoms with Gasteiger partial charge in [0.1, 0.15) is 7.82 Å². The number of rotatable bonds is 8. The van der Waals surface area contributed by atoms with Crippen LogP contribution in [0, 0.1) is 0 Å². The van der Waals surface area contributed by atoms with Gasteiger partial charge in [-0.1, -0.05) is 5.21 Å². The van der Waals surface area contributed by atoms with Gasteiger partial charge in [-0.15, -0.1) is 5.10 Å². The van der Waals surface area contributed by atoms with E-state index >= 15 is 0 Å². The Morgan fingerprint density at radius 3 is 1.94 bits per heavy atom. The van der Waals surface area contributed by atoms with Crippen molar-refractivity contribution >= 4 is 7.82 Å². The van der Waals surface area contributed by atoms with Crippen molar-refractivity contribution in [2.24, 2.45) is 0 Å². The predicted molar refractivity (Wildman–Crippen MR) is 101 cm³/mol. The normalized spacial score (nSPS) is 10.4. The van der Waals surface area contributed by atoms with Crippen molar-refractivity contribution in [1.29, 1.82) is 0 Å². The summed E-state index contributed by atoms with van der Waals surface area (Å²) < 4.78 is 38.1. The number of hydrogen-bond acceptors (Lipinski definition) is 10. The van der Waals surface area contributed by atoms with E-state index in [2.05, 4.69) is 14.8 Å². The summed E-state index contributed by atoms with van der Waals surface area (Å²) in [6, 6.07) is 7.77. The Morgan fingerprint density at radius 1 is 0.844 bits per heavy atom. The third-order valence-electron chi connectivity index (χ3n) is 4.11. The molecular weight excluding hydrogens is 463 g/mol. The van der Waals surface area contributed by atoms with Crippen LogP contribution >= 0.6 is 7.82 Å². The molecule has 0 saturated carbocycles. The maximum atomic E-state index is 11.1. The zero-order valence-electron chi connectivity index (χ0n) is 18.5. The molecule has 3 rings (SSSR count). The van der Waals surface area contributed by atoms with E-state index in [1.165, 1.54) is 51.5 Å². The van der Waals surface area contributed by atoms with Crippen LogP contribution in [0.4, 0.5) is 0 Å². The molecule has 11 nitrogen and oxygen atoms in total. The van der Waals surface area contributed by atoms with Gasteiger partial charge in [-0.25, -0.2) is 4.68 Å². The van der Waals surface area contributed by atoms with Gasteiger partial charge in [0.2, 0.25) is 5.75 Å². The summed E-state index contributed by atoms with van der Waals surface area (Å²) in [6.07, 6.45) is 1.50. The van der Waals surface area contributed by atoms with Gasteiger partial charge in [-0.05, 0) is 24.3 Å². The molecule has 1 heterocycles. The van der Waals surface area contributed by atoms with E-state index in [9.17, 15) is 14.4 Å². The van der Waals surface area contributed by atoms with Crippen molar-refractivity contribution in [1.82, 2.24) is 15.0 Å². The van der Waals surface area contributed by atoms with E-state index in [-0.39, 0.29) is 70.6 Å². The summed E-state index contributed by atoms with van der Waals surface area (Å²) in [6.45, 7) is 0. The molecule has 0 fully saturated rings. The van der Waals surface area contributed by atoms with E-state index < -0.39 is 7.82 Å². The van der Waals surface area contributed by atoms with Crippen molar-refractivity contribution in [2.45, 2.75) is 0 Å². The molecule has 0 atom stereocenters. The number of phosphoric ester groups is 1. The molecule has 0 bridgehead atoms. The first kappa shape index (κ1) is 28.8. The third kappa shape index (κ3) is 6.40. The van der Waals surface area contributed by atoms with Crippen molar-refractivity contribution in [2.75, 3.05) is 28.4 Å². The SMILES string of the molecule is COc1ccc(-n2nncc2-c2cc(OC)c(OC)c(OC)c2)cc1OP(=O)([O-])[O-].[Na+].[Na+]. The maximum Gasteiger partial charge on any atom is 1.00 e. The molecule has 0 aliphatic rings. The minimum absolute atomic E-state index is 0. The molecule has 0 aliphatic heterocycles. The summed E-state index contributed by atoms with van der Waals surface area (Å²) in [4.78, 5) is 22.2. The Balaban J connectivity index is 0.00000256. The predicted octanol–water partition coefficient (Wildman–Crippen LogP) is -4.82. The maximum absolute atomic E-state index is 11.1. The van der Waals surface area contributed by atoms with E-state index in [4.69, 9.17) is 18.9 Å². The largest absolute Gasteiger partial charge is 1.00 e. The van der Waals surface area contributed by atoms with Crippen LogP contribution in [0.2, 0.25) is 0 Å². The standard InChI is InChI=1S/C18H20N3O8P.2Na/c1-25-14-6-5-12(9-15(14)29-30(22,23)24)21-13(10-19-20-21)11-7-16(26-2)18(28-4)17(8-11)27-3;;/h5-10H,1-4H3,(H2,22,23,24);;/q;2*+1/p-2. The van der Waals surface area contributed by atoms with Crippen LogP contribution in [0.25, 0.3) is 16.9 Å². The zero-order chi connectivity index (χ0) is 21.9. The molecule has 0 spiro atoms. The van der Waals surface area contributed by atoms with E-state index in [0.717, 1.165) is 0 Å². The van der Waals surface area contributed by atoms with Gasteiger partial charge in [0.25, 0.3) is 0 Å². The van der Waals surface area contributed by atoms with Gasteiger partial charge < -0.3 is 37.8 Å². The quantitative estimate of drug-likeness (QED) is 0.227. The molecule has 0 saturated heterocycles. The van der Waals surface area contributed by atoms with E-state index in [1.54, 1.807) is 18.2 Å². The second-order valence-electron chi connectivity index (χ2n) is 5.82. The number of phosphoric acid groups is 1. The molecule has 3 aromatic rings. The fourth-order valence-corrected chi connectivity index (χ4v) is 3.22. The van der Waals surface area contributed by atoms with Crippen molar-refractivity contribution in [3.63, 3.8) is 0 Å². The fourth-order valence-electron chi connectivity index (χ4n) is 2.84. The van der Waals surface area contributed by atoms with Gasteiger partial charge in [0.05, 0.1) is 46.0 Å². The van der Waals surface area contributed by atoms with Crippen molar-refractivity contribution < 1.29 is 96.9 Å². The Labute approximate surface area is 228 Å². The van der Waals surface area contributed by atoms with Gasteiger partial charge >= 0.3 is 59.1 Å². The number of ether oxygens (including phenoxy) is 4. The summed E-state index contributed by atoms with van der Waals surface area (Å²) >= 11 is 0. The van der Waals surface area contributed by atoms with Crippen LogP contribution < -0.4 is 92.4 Å². The third-order valence-corrected chi connectivity index (χ3v) is 4.53. The summed E-state index contributed by atoms with van der Waals surface area (Å²) in [7, 11) is 0.505. The van der Waals surface area contributed by atoms with Crippen LogP contribution in [0.5, 0.6) is 28.7 Å². The number of nitrogens with zero attached hydrogens (tertiary/aromatic N) is 3. The zero-order valence-corrected chi connectivity index (χ0v) is 23.4. The van der Waals surface area contributed by atoms with E-state index in [0.29, 0.717) is 34.2 Å². The second kappa shape index (κ2) is 12.3. The molecule has 0 amide bonds. The topological polar surface area (TPSA) is 140 Å². The first-order valence-electron chi connectivity index (χ1n) is 8.42. The van der Waals surface area contributed by atoms with Crippen LogP contribution in [0.15, 0.2) is 36.5 Å². The van der Waals surface area contributed by atoms with Crippen molar-refractivity contribution in [3.05, 3.63) is 36.5 Å². The number of benzene rings is 2. The molecule has 0 N–H and O–H groups in total. The molecule has 0 aliphatic carbocycles. The summed E-state index contributed by atoms with van der Waals surface area (Å²) in [5.74, 6) is 1.08. The second-order valence-corrected chi connectivity index (χ2v) is 6.90. The molecule has 32 heavy (non-hydrogen) atoms. The Hall–Kier alpha value is -1.27. The number of aromatic nitrogens is 3. The van der Waals surface area contributed by atoms with Gasteiger partial charge in [-0.2, -0.15) is 0 Å². The summed E-state index contributed by atoms with van der Waals surface area (Å²) in [5.41, 5.74) is 1.53. The van der Waals surface area contributed by atoms with Gasteiger partial charge in [0.15, 0.2) is 23.0 Å².